The fourth-order valence-electron chi connectivity index (χ4n) is 2.23. The molecular formula is C13H14BrN5. The lowest BCUT2D eigenvalue weighted by molar-refractivity contribution is 0.651. The predicted molar refractivity (Wildman–Crippen MR) is 78.8 cm³/mol. The Bertz CT molecular complexity index is 728. The van der Waals surface area contributed by atoms with Gasteiger partial charge in [0.25, 0.3) is 0 Å². The second-order valence-electron chi connectivity index (χ2n) is 4.45. The Morgan fingerprint density at radius 1 is 1.32 bits per heavy atom. The molecule has 0 saturated carbocycles. The van der Waals surface area contributed by atoms with Gasteiger partial charge in [-0.05, 0) is 24.3 Å². The van der Waals surface area contributed by atoms with E-state index in [2.05, 4.69) is 26.0 Å². The van der Waals surface area contributed by atoms with Gasteiger partial charge in [0.05, 0.1) is 11.0 Å². The number of fused-ring (bicyclic) bond motifs is 1. The number of nitrogen functional groups attached to an aromatic ring is 1. The summed E-state index contributed by atoms with van der Waals surface area (Å²) in [6, 6.07) is 8.04. The molecule has 1 aromatic carbocycles. The number of halogens is 1. The number of nitrogens with two attached hydrogens (primary N) is 1. The van der Waals surface area contributed by atoms with Gasteiger partial charge in [-0.1, -0.05) is 15.9 Å². The summed E-state index contributed by atoms with van der Waals surface area (Å²) in [5.74, 6) is 0.551. The molecule has 0 radical (unpaired) electrons. The van der Waals surface area contributed by atoms with Gasteiger partial charge in [0.1, 0.15) is 0 Å². The molecule has 2 heterocycles. The average molecular weight is 320 g/mol. The van der Waals surface area contributed by atoms with Crippen LogP contribution in [0.2, 0.25) is 0 Å². The van der Waals surface area contributed by atoms with Gasteiger partial charge < -0.3 is 10.3 Å². The van der Waals surface area contributed by atoms with E-state index >= 15 is 0 Å². The Hall–Kier alpha value is -1.82. The van der Waals surface area contributed by atoms with Crippen molar-refractivity contribution in [3.63, 3.8) is 0 Å². The zero-order chi connectivity index (χ0) is 13.4. The number of anilines is 1. The molecule has 6 heteroatoms. The molecule has 2 N–H and O–H groups in total. The van der Waals surface area contributed by atoms with Crippen LogP contribution in [0.5, 0.6) is 0 Å². The SMILES string of the molecule is Cn1nccc1CCn1c(N)nc2cc(Br)ccc21. The normalized spacial score (nSPS) is 11.3. The Morgan fingerprint density at radius 3 is 2.89 bits per heavy atom. The van der Waals surface area contributed by atoms with Crippen molar-refractivity contribution in [2.75, 3.05) is 5.73 Å². The highest BCUT2D eigenvalue weighted by Crippen LogP contribution is 2.22. The van der Waals surface area contributed by atoms with Gasteiger partial charge in [-0.15, -0.1) is 0 Å². The number of imidazole rings is 1. The predicted octanol–water partition coefficient (Wildman–Crippen LogP) is 2.36. The first kappa shape index (κ1) is 12.2. The van der Waals surface area contributed by atoms with E-state index in [0.29, 0.717) is 5.95 Å². The molecule has 0 atom stereocenters. The molecule has 0 bridgehead atoms. The van der Waals surface area contributed by atoms with E-state index in [0.717, 1.165) is 28.5 Å². The fourth-order valence-corrected chi connectivity index (χ4v) is 2.58. The molecule has 3 rings (SSSR count). The first-order valence-electron chi connectivity index (χ1n) is 6.03. The molecule has 0 fully saturated rings. The zero-order valence-electron chi connectivity index (χ0n) is 10.5. The Morgan fingerprint density at radius 2 is 2.16 bits per heavy atom. The summed E-state index contributed by atoms with van der Waals surface area (Å²) in [6.07, 6.45) is 2.68. The van der Waals surface area contributed by atoms with Crippen LogP contribution in [0, 0.1) is 0 Å². The maximum absolute atomic E-state index is 6.00. The molecule has 5 nitrogen and oxygen atoms in total. The highest BCUT2D eigenvalue weighted by Gasteiger charge is 2.09. The first-order chi connectivity index (χ1) is 9.15. The van der Waals surface area contributed by atoms with Crippen LogP contribution in [0.4, 0.5) is 5.95 Å². The van der Waals surface area contributed by atoms with Crippen molar-refractivity contribution >= 4 is 32.9 Å². The summed E-state index contributed by atoms with van der Waals surface area (Å²) >= 11 is 3.44. The lowest BCUT2D eigenvalue weighted by Crippen LogP contribution is -2.08. The van der Waals surface area contributed by atoms with E-state index in [-0.39, 0.29) is 0 Å². The number of aryl methyl sites for hydroxylation is 3. The zero-order valence-corrected chi connectivity index (χ0v) is 12.1. The fraction of sp³-hybridized carbons (Fsp3) is 0.231. The maximum Gasteiger partial charge on any atom is 0.201 e. The highest BCUT2D eigenvalue weighted by molar-refractivity contribution is 9.10. The van der Waals surface area contributed by atoms with E-state index < -0.39 is 0 Å². The Kier molecular flexibility index (Phi) is 3.02. The largest absolute Gasteiger partial charge is 0.369 e. The quantitative estimate of drug-likeness (QED) is 0.806. The summed E-state index contributed by atoms with van der Waals surface area (Å²) in [5, 5.41) is 4.17. The van der Waals surface area contributed by atoms with Gasteiger partial charge in [0.15, 0.2) is 0 Å². The third kappa shape index (κ3) is 2.23. The van der Waals surface area contributed by atoms with E-state index in [4.69, 9.17) is 5.73 Å². The molecular weight excluding hydrogens is 306 g/mol. The molecule has 0 aliphatic carbocycles. The summed E-state index contributed by atoms with van der Waals surface area (Å²) in [7, 11) is 1.95. The number of rotatable bonds is 3. The van der Waals surface area contributed by atoms with Gasteiger partial charge in [0.2, 0.25) is 5.95 Å². The number of hydrogen-bond donors (Lipinski definition) is 1. The molecule has 0 saturated heterocycles. The van der Waals surface area contributed by atoms with Gasteiger partial charge in [-0.25, -0.2) is 4.98 Å². The van der Waals surface area contributed by atoms with E-state index in [9.17, 15) is 0 Å². The summed E-state index contributed by atoms with van der Waals surface area (Å²) < 4.78 is 4.93. The minimum absolute atomic E-state index is 0.551. The van der Waals surface area contributed by atoms with E-state index in [1.54, 1.807) is 0 Å². The molecule has 19 heavy (non-hydrogen) atoms. The van der Waals surface area contributed by atoms with Crippen LogP contribution in [0.15, 0.2) is 34.9 Å². The molecule has 3 aromatic rings. The number of hydrogen-bond acceptors (Lipinski definition) is 3. The van der Waals surface area contributed by atoms with Crippen molar-refractivity contribution in [3.8, 4) is 0 Å². The highest BCUT2D eigenvalue weighted by atomic mass is 79.9. The van der Waals surface area contributed by atoms with Crippen LogP contribution in [0.1, 0.15) is 5.69 Å². The Labute approximate surface area is 119 Å². The van der Waals surface area contributed by atoms with Gasteiger partial charge in [-0.2, -0.15) is 5.10 Å². The summed E-state index contributed by atoms with van der Waals surface area (Å²) in [4.78, 5) is 4.38. The number of benzene rings is 1. The van der Waals surface area contributed by atoms with Crippen molar-refractivity contribution in [3.05, 3.63) is 40.6 Å². The topological polar surface area (TPSA) is 61.7 Å². The van der Waals surface area contributed by atoms with E-state index in [1.165, 1.54) is 5.69 Å². The second-order valence-corrected chi connectivity index (χ2v) is 5.37. The van der Waals surface area contributed by atoms with Gasteiger partial charge in [-0.3, -0.25) is 4.68 Å². The molecule has 98 valence electrons. The molecule has 0 amide bonds. The van der Waals surface area contributed by atoms with Crippen molar-refractivity contribution in [1.82, 2.24) is 19.3 Å². The molecule has 0 aliphatic heterocycles. The lowest BCUT2D eigenvalue weighted by atomic mass is 10.3. The smallest absolute Gasteiger partial charge is 0.201 e. The minimum atomic E-state index is 0.551. The van der Waals surface area contributed by atoms with Crippen LogP contribution in [-0.4, -0.2) is 19.3 Å². The number of nitrogens with zero attached hydrogens (tertiary/aromatic N) is 4. The first-order valence-corrected chi connectivity index (χ1v) is 6.82. The average Bonchev–Trinajstić information content (AvgIpc) is 2.90. The molecule has 2 aromatic heterocycles. The van der Waals surface area contributed by atoms with Crippen LogP contribution < -0.4 is 5.73 Å². The van der Waals surface area contributed by atoms with Gasteiger partial charge in [0, 0.05) is 36.4 Å². The van der Waals surface area contributed by atoms with E-state index in [1.807, 2.05) is 46.8 Å². The second kappa shape index (κ2) is 4.70. The standard InChI is InChI=1S/C13H14BrN5/c1-18-10(4-6-16-18)5-7-19-12-3-2-9(14)8-11(12)17-13(19)15/h2-4,6,8H,5,7H2,1H3,(H2,15,17). The number of aromatic nitrogens is 4. The molecule has 0 spiro atoms. The van der Waals surface area contributed by atoms with Crippen LogP contribution in [0.3, 0.4) is 0 Å². The third-order valence-electron chi connectivity index (χ3n) is 3.25. The third-order valence-corrected chi connectivity index (χ3v) is 3.75. The van der Waals surface area contributed by atoms with Crippen LogP contribution >= 0.6 is 15.9 Å². The van der Waals surface area contributed by atoms with Crippen molar-refractivity contribution < 1.29 is 0 Å². The van der Waals surface area contributed by atoms with Crippen molar-refractivity contribution in [1.29, 1.82) is 0 Å². The lowest BCUT2D eigenvalue weighted by Gasteiger charge is -2.06. The molecule has 0 aliphatic rings. The Balaban J connectivity index is 1.92. The maximum atomic E-state index is 6.00. The minimum Gasteiger partial charge on any atom is -0.369 e. The van der Waals surface area contributed by atoms with Crippen LogP contribution in [-0.2, 0) is 20.0 Å². The van der Waals surface area contributed by atoms with Gasteiger partial charge >= 0.3 is 0 Å². The van der Waals surface area contributed by atoms with Crippen molar-refractivity contribution in [2.45, 2.75) is 13.0 Å². The summed E-state index contributed by atoms with van der Waals surface area (Å²) in [5.41, 5.74) is 9.15. The van der Waals surface area contributed by atoms with Crippen LogP contribution in [0.25, 0.3) is 11.0 Å². The van der Waals surface area contributed by atoms with Crippen molar-refractivity contribution in [2.24, 2.45) is 7.05 Å². The molecule has 0 unspecified atom stereocenters. The monoisotopic (exact) mass is 319 g/mol. The summed E-state index contributed by atoms with van der Waals surface area (Å²) in [6.45, 7) is 0.795.